The number of fused-ring (bicyclic) bond motifs is 1. The Morgan fingerprint density at radius 3 is 2.43 bits per heavy atom. The van der Waals surface area contributed by atoms with E-state index in [1.807, 2.05) is 33.0 Å². The number of piperidine rings is 1. The molecule has 5 aromatic rings. The molecule has 0 amide bonds. The molecule has 1 fully saturated rings. The van der Waals surface area contributed by atoms with Gasteiger partial charge in [0, 0.05) is 42.7 Å². The van der Waals surface area contributed by atoms with Crippen LogP contribution in [0.5, 0.6) is 0 Å². The third kappa shape index (κ3) is 7.46. The van der Waals surface area contributed by atoms with Crippen molar-refractivity contribution < 1.29 is 13.9 Å². The Kier molecular flexibility index (Phi) is 9.90. The molecule has 1 saturated heterocycles. The van der Waals surface area contributed by atoms with Crippen molar-refractivity contribution in [3.05, 3.63) is 104 Å². The number of esters is 1. The summed E-state index contributed by atoms with van der Waals surface area (Å²) in [5.74, 6) is -0.243. The lowest BCUT2D eigenvalue weighted by molar-refractivity contribution is -0.142. The second kappa shape index (κ2) is 14.2. The predicted molar refractivity (Wildman–Crippen MR) is 196 cm³/mol. The van der Waals surface area contributed by atoms with Crippen molar-refractivity contribution >= 4 is 28.2 Å². The minimum absolute atomic E-state index is 0.104. The summed E-state index contributed by atoms with van der Waals surface area (Å²) in [5, 5.41) is 12.4. The molecule has 0 atom stereocenters. The lowest BCUT2D eigenvalue weighted by atomic mass is 9.86. The quantitative estimate of drug-likeness (QED) is 0.185. The number of aryl methyl sites for hydroxylation is 1. The number of rotatable bonds is 8. The Hall–Kier alpha value is -5.23. The predicted octanol–water partition coefficient (Wildman–Crippen LogP) is 6.37. The molecule has 0 spiro atoms. The number of benzene rings is 2. The number of carbonyl (C=O) groups excluding carboxylic acids is 1. The second-order valence-corrected chi connectivity index (χ2v) is 14.5. The Bertz CT molecular complexity index is 2210. The van der Waals surface area contributed by atoms with Crippen molar-refractivity contribution in [1.82, 2.24) is 29.4 Å². The van der Waals surface area contributed by atoms with Crippen LogP contribution in [-0.4, -0.2) is 54.5 Å². The van der Waals surface area contributed by atoms with E-state index in [-0.39, 0.29) is 34.3 Å². The van der Waals surface area contributed by atoms with Crippen LogP contribution in [0.15, 0.2) is 70.5 Å². The van der Waals surface area contributed by atoms with Gasteiger partial charge < -0.3 is 15.0 Å². The summed E-state index contributed by atoms with van der Waals surface area (Å²) in [7, 11) is 1.54. The lowest BCUT2D eigenvalue weighted by Gasteiger charge is -2.34. The molecular weight excluding hydrogens is 649 g/mol. The van der Waals surface area contributed by atoms with Crippen molar-refractivity contribution in [3.63, 3.8) is 0 Å². The smallest absolute Gasteiger partial charge is 0.302 e. The van der Waals surface area contributed by atoms with Crippen LogP contribution in [0.2, 0.25) is 0 Å². The number of ether oxygens (including phenoxy) is 1. The number of aromatic nitrogens is 5. The van der Waals surface area contributed by atoms with Gasteiger partial charge in [-0.3, -0.25) is 14.4 Å². The van der Waals surface area contributed by atoms with Crippen LogP contribution in [0.4, 0.5) is 15.9 Å². The van der Waals surface area contributed by atoms with E-state index in [1.54, 1.807) is 30.3 Å². The molecule has 6 rings (SSSR count). The highest BCUT2D eigenvalue weighted by molar-refractivity contribution is 5.83. The van der Waals surface area contributed by atoms with Crippen molar-refractivity contribution in [2.45, 2.75) is 78.4 Å². The third-order valence-electron chi connectivity index (χ3n) is 9.62. The first-order chi connectivity index (χ1) is 24.2. The number of hydrogen-bond donors (Lipinski definition) is 1. The van der Waals surface area contributed by atoms with E-state index in [0.717, 1.165) is 36.2 Å². The molecule has 266 valence electrons. The number of anilines is 2. The number of nitrogens with zero attached hydrogens (tertiary/aromatic N) is 6. The van der Waals surface area contributed by atoms with Crippen LogP contribution in [0.25, 0.3) is 27.7 Å². The fourth-order valence-electron chi connectivity index (χ4n) is 6.61. The Balaban J connectivity index is 1.37. The molecule has 1 aliphatic rings. The molecular formula is C39H44FN7O4. The maximum absolute atomic E-state index is 15.5. The Morgan fingerprint density at radius 1 is 1.04 bits per heavy atom. The first kappa shape index (κ1) is 35.6. The molecule has 0 radical (unpaired) electrons. The summed E-state index contributed by atoms with van der Waals surface area (Å²) in [6.45, 7) is 13.5. The van der Waals surface area contributed by atoms with Gasteiger partial charge in [0.05, 0.1) is 23.0 Å². The highest BCUT2D eigenvalue weighted by Gasteiger charge is 2.24. The summed E-state index contributed by atoms with van der Waals surface area (Å²) in [5.41, 5.74) is 2.30. The molecule has 1 aliphatic heterocycles. The van der Waals surface area contributed by atoms with Crippen LogP contribution in [0.1, 0.15) is 77.0 Å². The monoisotopic (exact) mass is 693 g/mol. The van der Waals surface area contributed by atoms with Gasteiger partial charge in [-0.05, 0) is 92.6 Å². The van der Waals surface area contributed by atoms with E-state index in [9.17, 15) is 14.4 Å². The van der Waals surface area contributed by atoms with Gasteiger partial charge in [0.1, 0.15) is 23.9 Å². The van der Waals surface area contributed by atoms with Crippen LogP contribution < -0.4 is 16.4 Å². The number of likely N-dealkylation sites (tertiary alicyclic amines) is 1. The molecule has 11 nitrogen and oxygen atoms in total. The number of hydrogen-bond acceptors (Lipinski definition) is 9. The van der Waals surface area contributed by atoms with Gasteiger partial charge in [-0.2, -0.15) is 14.9 Å². The van der Waals surface area contributed by atoms with E-state index < -0.39 is 17.3 Å². The molecule has 0 aliphatic carbocycles. The zero-order valence-electron chi connectivity index (χ0n) is 30.2. The van der Waals surface area contributed by atoms with Gasteiger partial charge >= 0.3 is 5.97 Å². The van der Waals surface area contributed by atoms with Gasteiger partial charge in [0.25, 0.3) is 11.1 Å². The summed E-state index contributed by atoms with van der Waals surface area (Å²) in [6.07, 6.45) is 5.47. The number of nitrogens with one attached hydrogen (secondary N) is 1. The summed E-state index contributed by atoms with van der Waals surface area (Å²) < 4.78 is 23.3. The lowest BCUT2D eigenvalue weighted by Crippen LogP contribution is -2.37. The maximum Gasteiger partial charge on any atom is 0.302 e. The molecule has 12 heteroatoms. The van der Waals surface area contributed by atoms with Crippen molar-refractivity contribution in [2.24, 2.45) is 7.05 Å². The number of pyridine rings is 1. The van der Waals surface area contributed by atoms with Crippen LogP contribution >= 0.6 is 0 Å². The molecule has 0 bridgehead atoms. The molecule has 1 N–H and O–H groups in total. The van der Waals surface area contributed by atoms with Crippen molar-refractivity contribution in [2.75, 3.05) is 18.4 Å². The summed E-state index contributed by atoms with van der Waals surface area (Å²) >= 11 is 0. The van der Waals surface area contributed by atoms with Crippen LogP contribution in [-0.2, 0) is 28.6 Å². The number of halogens is 1. The minimum Gasteiger partial charge on any atom is -0.461 e. The summed E-state index contributed by atoms with van der Waals surface area (Å²) in [6, 6.07) is 14.3. The van der Waals surface area contributed by atoms with Gasteiger partial charge in [-0.15, -0.1) is 0 Å². The third-order valence-corrected chi connectivity index (χ3v) is 9.62. The Morgan fingerprint density at radius 2 is 1.78 bits per heavy atom. The number of carbonyl (C=O) groups is 1. The first-order valence-electron chi connectivity index (χ1n) is 17.2. The summed E-state index contributed by atoms with van der Waals surface area (Å²) in [4.78, 5) is 46.2. The fraction of sp³-hybridized carbons (Fsp3) is 0.385. The topological polar surface area (TPSA) is 124 Å². The normalized spacial score (nSPS) is 14.3. The maximum atomic E-state index is 15.5. The highest BCUT2D eigenvalue weighted by atomic mass is 19.1. The standard InChI is InChI=1S/C39H44FN7O4/c1-23(2)46-15-13-25(14-16-46)26-11-12-35(41-20-26)43-33-19-32(44-45(7)37(33)49)29-9-8-10-34(30(29)22-51-24(3)48)47-38(50)36-27(21-42-47)17-28(18-31(36)40)39(4,5)6/h8-12,17-21,23,25H,13-16,22H2,1-7H3,(H,41,43). The average Bonchev–Trinajstić information content (AvgIpc) is 3.09. The zero-order valence-corrected chi connectivity index (χ0v) is 30.2. The van der Waals surface area contributed by atoms with E-state index in [2.05, 4.69) is 45.3 Å². The highest BCUT2D eigenvalue weighted by Crippen LogP contribution is 2.32. The fourth-order valence-corrected chi connectivity index (χ4v) is 6.61. The molecule has 0 saturated carbocycles. The van der Waals surface area contributed by atoms with Gasteiger partial charge in [0.15, 0.2) is 0 Å². The molecule has 4 heterocycles. The van der Waals surface area contributed by atoms with Crippen molar-refractivity contribution in [3.8, 4) is 16.9 Å². The molecule has 0 unspecified atom stereocenters. The molecule has 51 heavy (non-hydrogen) atoms. The van der Waals surface area contributed by atoms with E-state index in [1.165, 1.54) is 36.5 Å². The Labute approximate surface area is 296 Å². The average molecular weight is 694 g/mol. The first-order valence-corrected chi connectivity index (χ1v) is 17.2. The minimum atomic E-state index is -0.664. The largest absolute Gasteiger partial charge is 0.461 e. The van der Waals surface area contributed by atoms with Crippen molar-refractivity contribution in [1.29, 1.82) is 0 Å². The van der Waals surface area contributed by atoms with Crippen LogP contribution in [0.3, 0.4) is 0 Å². The van der Waals surface area contributed by atoms with Gasteiger partial charge in [-0.1, -0.05) is 39.0 Å². The SMILES string of the molecule is CC(=O)OCc1c(-c2cc(Nc3ccc(C4CCN(C(C)C)CC4)cn3)c(=O)n(C)n2)cccc1-n1ncc2cc(C(C)(C)C)cc(F)c2c1=O. The zero-order chi connectivity index (χ0) is 36.6. The molecule has 3 aromatic heterocycles. The van der Waals surface area contributed by atoms with E-state index >= 15 is 4.39 Å². The van der Waals surface area contributed by atoms with E-state index in [4.69, 9.17) is 4.74 Å². The van der Waals surface area contributed by atoms with Gasteiger partial charge in [0.2, 0.25) is 0 Å². The molecule has 2 aromatic carbocycles. The van der Waals surface area contributed by atoms with Crippen LogP contribution in [0, 0.1) is 5.82 Å². The second-order valence-electron chi connectivity index (χ2n) is 14.5. The van der Waals surface area contributed by atoms with E-state index in [0.29, 0.717) is 40.0 Å². The van der Waals surface area contributed by atoms with Gasteiger partial charge in [-0.25, -0.2) is 14.1 Å².